The first-order valence-corrected chi connectivity index (χ1v) is 8.59. The normalized spacial score (nSPS) is 10.3. The van der Waals surface area contributed by atoms with Gasteiger partial charge in [0, 0.05) is 22.7 Å². The summed E-state index contributed by atoms with van der Waals surface area (Å²) < 4.78 is 13.7. The van der Waals surface area contributed by atoms with Gasteiger partial charge >= 0.3 is 0 Å². The van der Waals surface area contributed by atoms with Crippen molar-refractivity contribution in [1.82, 2.24) is 5.32 Å². The van der Waals surface area contributed by atoms with Crippen LogP contribution in [-0.2, 0) is 6.54 Å². The minimum absolute atomic E-state index is 0.0834. The molecule has 0 radical (unpaired) electrons. The number of hydrogen-bond acceptors (Lipinski definition) is 2. The lowest BCUT2D eigenvalue weighted by atomic mass is 10.1. The molecule has 3 aromatic rings. The molecule has 27 heavy (non-hydrogen) atoms. The van der Waals surface area contributed by atoms with Gasteiger partial charge in [0.2, 0.25) is 0 Å². The number of carbonyl (C=O) groups excluding carboxylic acids is 2. The highest BCUT2D eigenvalue weighted by atomic mass is 35.5. The van der Waals surface area contributed by atoms with Gasteiger partial charge in [-0.15, -0.1) is 0 Å². The minimum Gasteiger partial charge on any atom is -0.348 e. The van der Waals surface area contributed by atoms with Crippen molar-refractivity contribution in [2.75, 3.05) is 5.32 Å². The van der Waals surface area contributed by atoms with Gasteiger partial charge in [-0.1, -0.05) is 41.9 Å². The molecule has 0 bridgehead atoms. The largest absolute Gasteiger partial charge is 0.348 e. The summed E-state index contributed by atoms with van der Waals surface area (Å²) in [5.41, 5.74) is 1.59. The fraction of sp³-hybridized carbons (Fsp3) is 0.0476. The Morgan fingerprint density at radius 1 is 0.852 bits per heavy atom. The summed E-state index contributed by atoms with van der Waals surface area (Å²) in [5, 5.41) is 5.91. The molecule has 136 valence electrons. The Bertz CT molecular complexity index is 974. The molecule has 0 aliphatic carbocycles. The molecule has 6 heteroatoms. The quantitative estimate of drug-likeness (QED) is 0.674. The minimum atomic E-state index is -0.525. The maximum Gasteiger partial charge on any atom is 0.255 e. The van der Waals surface area contributed by atoms with Gasteiger partial charge in [-0.3, -0.25) is 9.59 Å². The number of nitrogens with one attached hydrogen (secondary N) is 2. The van der Waals surface area contributed by atoms with Crippen LogP contribution in [0, 0.1) is 5.82 Å². The van der Waals surface area contributed by atoms with E-state index in [4.69, 9.17) is 11.6 Å². The third-order valence-corrected chi connectivity index (χ3v) is 4.13. The smallest absolute Gasteiger partial charge is 0.255 e. The third-order valence-electron chi connectivity index (χ3n) is 3.88. The molecule has 2 amide bonds. The van der Waals surface area contributed by atoms with E-state index < -0.39 is 11.7 Å². The molecule has 0 unspecified atom stereocenters. The van der Waals surface area contributed by atoms with Crippen molar-refractivity contribution in [2.45, 2.75) is 6.54 Å². The molecule has 0 fully saturated rings. The van der Waals surface area contributed by atoms with Gasteiger partial charge in [0.25, 0.3) is 11.8 Å². The molecular weight excluding hydrogens is 367 g/mol. The molecule has 0 saturated carbocycles. The summed E-state index contributed by atoms with van der Waals surface area (Å²) in [5.74, 6) is -1.33. The Kier molecular flexibility index (Phi) is 5.84. The monoisotopic (exact) mass is 382 g/mol. The van der Waals surface area contributed by atoms with Gasteiger partial charge in [0.05, 0.1) is 5.69 Å². The fourth-order valence-electron chi connectivity index (χ4n) is 2.45. The van der Waals surface area contributed by atoms with E-state index in [9.17, 15) is 14.0 Å². The van der Waals surface area contributed by atoms with Crippen LogP contribution in [0.5, 0.6) is 0 Å². The van der Waals surface area contributed by atoms with Gasteiger partial charge in [-0.25, -0.2) is 4.39 Å². The molecule has 0 heterocycles. The zero-order valence-corrected chi connectivity index (χ0v) is 15.0. The summed E-state index contributed by atoms with van der Waals surface area (Å²) in [6.45, 7) is 0.335. The van der Waals surface area contributed by atoms with Crippen LogP contribution in [0.15, 0.2) is 72.8 Å². The number of halogens is 2. The second kappa shape index (κ2) is 8.47. The number of benzene rings is 3. The molecule has 0 aliphatic rings. The first-order chi connectivity index (χ1) is 13.0. The predicted octanol–water partition coefficient (Wildman–Crippen LogP) is 4.66. The third kappa shape index (κ3) is 4.92. The molecule has 3 rings (SSSR count). The van der Waals surface area contributed by atoms with E-state index in [0.717, 1.165) is 5.56 Å². The number of para-hydroxylation sites is 1. The standard InChI is InChI=1S/C21H16ClFN2O2/c22-17-10-8-14(9-11-17)13-24-20(26)15-4-3-5-16(12-15)21(27)25-19-7-2-1-6-18(19)23/h1-12H,13H2,(H,24,26)(H,25,27). The summed E-state index contributed by atoms with van der Waals surface area (Å²) in [6.07, 6.45) is 0. The Morgan fingerprint density at radius 2 is 1.52 bits per heavy atom. The molecule has 0 saturated heterocycles. The first-order valence-electron chi connectivity index (χ1n) is 8.21. The summed E-state index contributed by atoms with van der Waals surface area (Å²) in [7, 11) is 0. The van der Waals surface area contributed by atoms with Gasteiger partial charge in [-0.05, 0) is 48.0 Å². The average molecular weight is 383 g/mol. The molecule has 0 aliphatic heterocycles. The lowest BCUT2D eigenvalue weighted by Crippen LogP contribution is -2.23. The van der Waals surface area contributed by atoms with Crippen molar-refractivity contribution in [1.29, 1.82) is 0 Å². The van der Waals surface area contributed by atoms with Gasteiger partial charge in [-0.2, -0.15) is 0 Å². The van der Waals surface area contributed by atoms with Crippen LogP contribution in [0.2, 0.25) is 5.02 Å². The van der Waals surface area contributed by atoms with E-state index >= 15 is 0 Å². The van der Waals surface area contributed by atoms with E-state index in [1.54, 1.807) is 36.4 Å². The van der Waals surface area contributed by atoms with Crippen LogP contribution in [0.25, 0.3) is 0 Å². The molecule has 0 aromatic heterocycles. The van der Waals surface area contributed by atoms with Crippen molar-refractivity contribution in [3.63, 3.8) is 0 Å². The van der Waals surface area contributed by atoms with Crippen LogP contribution < -0.4 is 10.6 Å². The molecule has 4 nitrogen and oxygen atoms in total. The summed E-state index contributed by atoms with van der Waals surface area (Å²) >= 11 is 5.84. The Labute approximate surface area is 161 Å². The van der Waals surface area contributed by atoms with Crippen molar-refractivity contribution in [3.05, 3.63) is 100 Å². The zero-order chi connectivity index (χ0) is 19.2. The number of amides is 2. The summed E-state index contributed by atoms with van der Waals surface area (Å²) in [4.78, 5) is 24.7. The number of anilines is 1. The second-order valence-electron chi connectivity index (χ2n) is 5.82. The number of hydrogen-bond donors (Lipinski definition) is 2. The lowest BCUT2D eigenvalue weighted by molar-refractivity contribution is 0.0951. The summed E-state index contributed by atoms with van der Waals surface area (Å²) in [6, 6.07) is 19.3. The average Bonchev–Trinajstić information content (AvgIpc) is 2.69. The SMILES string of the molecule is O=C(NCc1ccc(Cl)cc1)c1cccc(C(=O)Nc2ccccc2F)c1. The Balaban J connectivity index is 1.67. The highest BCUT2D eigenvalue weighted by Crippen LogP contribution is 2.15. The van der Waals surface area contributed by atoms with Crippen LogP contribution in [0.4, 0.5) is 10.1 Å². The Morgan fingerprint density at radius 3 is 2.22 bits per heavy atom. The topological polar surface area (TPSA) is 58.2 Å². The second-order valence-corrected chi connectivity index (χ2v) is 6.26. The number of rotatable bonds is 5. The molecule has 0 spiro atoms. The van der Waals surface area contributed by atoms with E-state index in [-0.39, 0.29) is 17.2 Å². The van der Waals surface area contributed by atoms with Crippen LogP contribution in [0.3, 0.4) is 0 Å². The van der Waals surface area contributed by atoms with Crippen molar-refractivity contribution < 1.29 is 14.0 Å². The molecule has 0 atom stereocenters. The van der Waals surface area contributed by atoms with E-state index in [0.29, 0.717) is 17.1 Å². The fourth-order valence-corrected chi connectivity index (χ4v) is 2.57. The van der Waals surface area contributed by atoms with Gasteiger partial charge < -0.3 is 10.6 Å². The first kappa shape index (κ1) is 18.6. The van der Waals surface area contributed by atoms with Crippen LogP contribution >= 0.6 is 11.6 Å². The molecule has 3 aromatic carbocycles. The molecule has 2 N–H and O–H groups in total. The van der Waals surface area contributed by atoms with Crippen LogP contribution in [-0.4, -0.2) is 11.8 Å². The maximum absolute atomic E-state index is 13.7. The molecular formula is C21H16ClFN2O2. The predicted molar refractivity (Wildman–Crippen MR) is 103 cm³/mol. The van der Waals surface area contributed by atoms with E-state index in [1.165, 1.54) is 24.3 Å². The van der Waals surface area contributed by atoms with Crippen LogP contribution in [0.1, 0.15) is 26.3 Å². The van der Waals surface area contributed by atoms with Crippen molar-refractivity contribution >= 4 is 29.1 Å². The Hall–Kier alpha value is -3.18. The highest BCUT2D eigenvalue weighted by Gasteiger charge is 2.12. The zero-order valence-electron chi connectivity index (χ0n) is 14.2. The van der Waals surface area contributed by atoms with Gasteiger partial charge in [0.1, 0.15) is 5.82 Å². The lowest BCUT2D eigenvalue weighted by Gasteiger charge is -2.09. The van der Waals surface area contributed by atoms with E-state index in [2.05, 4.69) is 10.6 Å². The van der Waals surface area contributed by atoms with E-state index in [1.807, 2.05) is 12.1 Å². The van der Waals surface area contributed by atoms with Gasteiger partial charge in [0.15, 0.2) is 0 Å². The maximum atomic E-state index is 13.7. The number of carbonyl (C=O) groups is 2. The van der Waals surface area contributed by atoms with Crippen molar-refractivity contribution in [3.8, 4) is 0 Å². The highest BCUT2D eigenvalue weighted by molar-refractivity contribution is 6.30. The van der Waals surface area contributed by atoms with Crippen molar-refractivity contribution in [2.24, 2.45) is 0 Å².